The molecule has 0 aliphatic rings. The Morgan fingerprint density at radius 1 is 1.19 bits per heavy atom. The van der Waals surface area contributed by atoms with E-state index in [0.717, 1.165) is 22.6 Å². The molecule has 3 rings (SSSR count). The zero-order valence-electron chi connectivity index (χ0n) is 14.1. The van der Waals surface area contributed by atoms with Crippen LogP contribution in [-0.2, 0) is 4.74 Å². The van der Waals surface area contributed by atoms with Crippen LogP contribution in [0.15, 0.2) is 52.5 Å². The summed E-state index contributed by atoms with van der Waals surface area (Å²) in [6, 6.07) is 9.24. The number of nitrogens with zero attached hydrogens (tertiary/aromatic N) is 2. The number of carbonyl (C=O) groups is 1. The van der Waals surface area contributed by atoms with Gasteiger partial charge in [0.15, 0.2) is 11.4 Å². The van der Waals surface area contributed by atoms with E-state index in [2.05, 4.69) is 9.97 Å². The SMILES string of the molecule is CCCCOC(=O)c1nc(Cl)c2ccc(Sc3ccncc3)cc2c1O. The van der Waals surface area contributed by atoms with Crippen molar-refractivity contribution in [1.29, 1.82) is 0 Å². The molecule has 0 amide bonds. The van der Waals surface area contributed by atoms with E-state index in [-0.39, 0.29) is 23.2 Å². The average molecular weight is 389 g/mol. The fraction of sp³-hybridized carbons (Fsp3) is 0.211. The molecule has 0 aliphatic carbocycles. The van der Waals surface area contributed by atoms with Crippen molar-refractivity contribution in [2.45, 2.75) is 29.6 Å². The van der Waals surface area contributed by atoms with Crippen LogP contribution in [0.1, 0.15) is 30.3 Å². The quantitative estimate of drug-likeness (QED) is 0.360. The van der Waals surface area contributed by atoms with Crippen LogP contribution in [0, 0.1) is 0 Å². The molecule has 0 radical (unpaired) electrons. The normalized spacial score (nSPS) is 10.8. The van der Waals surface area contributed by atoms with E-state index in [1.165, 1.54) is 11.8 Å². The highest BCUT2D eigenvalue weighted by atomic mass is 35.5. The number of ether oxygens (including phenoxy) is 1. The van der Waals surface area contributed by atoms with Crippen molar-refractivity contribution in [3.8, 4) is 5.75 Å². The minimum Gasteiger partial charge on any atom is -0.505 e. The van der Waals surface area contributed by atoms with Gasteiger partial charge in [0.05, 0.1) is 6.61 Å². The summed E-state index contributed by atoms with van der Waals surface area (Å²) >= 11 is 7.72. The van der Waals surface area contributed by atoms with Gasteiger partial charge in [0.1, 0.15) is 5.15 Å². The molecule has 1 aromatic carbocycles. The van der Waals surface area contributed by atoms with Crippen molar-refractivity contribution in [3.05, 3.63) is 53.6 Å². The zero-order chi connectivity index (χ0) is 18.5. The predicted molar refractivity (Wildman–Crippen MR) is 102 cm³/mol. The Kier molecular flexibility index (Phi) is 5.96. The molecular weight excluding hydrogens is 372 g/mol. The first-order valence-electron chi connectivity index (χ1n) is 8.17. The van der Waals surface area contributed by atoms with E-state index < -0.39 is 5.97 Å². The Bertz CT molecular complexity index is 935. The number of hydrogen-bond acceptors (Lipinski definition) is 6. The van der Waals surface area contributed by atoms with Gasteiger partial charge in [-0.15, -0.1) is 0 Å². The molecule has 5 nitrogen and oxygen atoms in total. The molecule has 0 bridgehead atoms. The van der Waals surface area contributed by atoms with Crippen molar-refractivity contribution < 1.29 is 14.6 Å². The molecule has 0 aliphatic heterocycles. The second-order valence-electron chi connectivity index (χ2n) is 5.58. The van der Waals surface area contributed by atoms with Crippen molar-refractivity contribution in [2.24, 2.45) is 0 Å². The maximum Gasteiger partial charge on any atom is 0.360 e. The van der Waals surface area contributed by atoms with E-state index in [9.17, 15) is 9.90 Å². The fourth-order valence-corrected chi connectivity index (χ4v) is 3.46. The first-order chi connectivity index (χ1) is 12.6. The number of carbonyl (C=O) groups excluding carboxylic acids is 1. The molecule has 3 aromatic rings. The summed E-state index contributed by atoms with van der Waals surface area (Å²) < 4.78 is 5.15. The highest BCUT2D eigenvalue weighted by Crippen LogP contribution is 2.36. The summed E-state index contributed by atoms with van der Waals surface area (Å²) in [4.78, 5) is 22.1. The van der Waals surface area contributed by atoms with Gasteiger partial charge < -0.3 is 9.84 Å². The first-order valence-corrected chi connectivity index (χ1v) is 9.36. The predicted octanol–water partition coefficient (Wildman–Crippen LogP) is 5.10. The third-order valence-corrected chi connectivity index (χ3v) is 5.00. The van der Waals surface area contributed by atoms with Crippen LogP contribution in [-0.4, -0.2) is 27.7 Å². The molecule has 0 fully saturated rings. The van der Waals surface area contributed by atoms with Crippen molar-refractivity contribution >= 4 is 40.1 Å². The Hall–Kier alpha value is -2.31. The van der Waals surface area contributed by atoms with Crippen LogP contribution in [0.5, 0.6) is 5.75 Å². The lowest BCUT2D eigenvalue weighted by atomic mass is 10.1. The minimum absolute atomic E-state index is 0.153. The van der Waals surface area contributed by atoms with Crippen molar-refractivity contribution in [3.63, 3.8) is 0 Å². The summed E-state index contributed by atoms with van der Waals surface area (Å²) in [5, 5.41) is 11.7. The van der Waals surface area contributed by atoms with Gasteiger partial charge in [-0.05, 0) is 30.7 Å². The third kappa shape index (κ3) is 4.08. The third-order valence-electron chi connectivity index (χ3n) is 3.71. The molecule has 0 atom stereocenters. The summed E-state index contributed by atoms with van der Waals surface area (Å²) in [6.07, 6.45) is 5.08. The number of aromatic nitrogens is 2. The number of fused-ring (bicyclic) bond motifs is 1. The van der Waals surface area contributed by atoms with E-state index in [0.29, 0.717) is 10.8 Å². The largest absolute Gasteiger partial charge is 0.505 e. The number of hydrogen-bond donors (Lipinski definition) is 1. The number of unbranched alkanes of at least 4 members (excludes halogenated alkanes) is 1. The Morgan fingerprint density at radius 2 is 1.96 bits per heavy atom. The lowest BCUT2D eigenvalue weighted by molar-refractivity contribution is 0.0489. The lowest BCUT2D eigenvalue weighted by Crippen LogP contribution is -2.09. The number of halogens is 1. The molecule has 0 unspecified atom stereocenters. The van der Waals surface area contributed by atoms with Crippen LogP contribution in [0.4, 0.5) is 0 Å². The summed E-state index contributed by atoms with van der Waals surface area (Å²) in [6.45, 7) is 2.28. The highest BCUT2D eigenvalue weighted by molar-refractivity contribution is 7.99. The maximum atomic E-state index is 12.2. The van der Waals surface area contributed by atoms with E-state index >= 15 is 0 Å². The number of aromatic hydroxyl groups is 1. The Morgan fingerprint density at radius 3 is 2.69 bits per heavy atom. The van der Waals surface area contributed by atoms with Gasteiger partial charge in [0.2, 0.25) is 0 Å². The van der Waals surface area contributed by atoms with E-state index in [4.69, 9.17) is 16.3 Å². The van der Waals surface area contributed by atoms with Crippen LogP contribution < -0.4 is 0 Å². The van der Waals surface area contributed by atoms with Gasteiger partial charge in [-0.1, -0.05) is 42.8 Å². The lowest BCUT2D eigenvalue weighted by Gasteiger charge is -2.10. The van der Waals surface area contributed by atoms with Crippen LogP contribution in [0.2, 0.25) is 5.15 Å². The molecule has 1 N–H and O–H groups in total. The first kappa shape index (κ1) is 18.5. The summed E-state index contributed by atoms with van der Waals surface area (Å²) in [5.41, 5.74) is -0.162. The van der Waals surface area contributed by atoms with Crippen LogP contribution in [0.25, 0.3) is 10.8 Å². The number of pyridine rings is 2. The van der Waals surface area contributed by atoms with E-state index in [1.807, 2.05) is 25.1 Å². The minimum atomic E-state index is -0.674. The Labute approximate surface area is 160 Å². The van der Waals surface area contributed by atoms with Crippen LogP contribution in [0.3, 0.4) is 0 Å². The van der Waals surface area contributed by atoms with Gasteiger partial charge in [-0.3, -0.25) is 4.98 Å². The summed E-state index contributed by atoms with van der Waals surface area (Å²) in [7, 11) is 0. The van der Waals surface area contributed by atoms with Crippen LogP contribution >= 0.6 is 23.4 Å². The van der Waals surface area contributed by atoms with Gasteiger partial charge in [-0.2, -0.15) is 0 Å². The highest BCUT2D eigenvalue weighted by Gasteiger charge is 2.20. The molecule has 0 saturated heterocycles. The topological polar surface area (TPSA) is 72.3 Å². The smallest absolute Gasteiger partial charge is 0.360 e. The monoisotopic (exact) mass is 388 g/mol. The van der Waals surface area contributed by atoms with Gasteiger partial charge >= 0.3 is 5.97 Å². The molecule has 26 heavy (non-hydrogen) atoms. The molecule has 0 spiro atoms. The number of benzene rings is 1. The molecular formula is C19H17ClN2O3S. The van der Waals surface area contributed by atoms with Gasteiger partial charge in [0.25, 0.3) is 0 Å². The molecule has 2 aromatic heterocycles. The number of esters is 1. The fourth-order valence-electron chi connectivity index (χ4n) is 2.36. The van der Waals surface area contributed by atoms with Crippen molar-refractivity contribution in [1.82, 2.24) is 9.97 Å². The van der Waals surface area contributed by atoms with E-state index in [1.54, 1.807) is 24.5 Å². The zero-order valence-corrected chi connectivity index (χ0v) is 15.7. The molecule has 134 valence electrons. The number of rotatable bonds is 6. The average Bonchev–Trinajstić information content (AvgIpc) is 2.65. The Balaban J connectivity index is 1.96. The molecule has 7 heteroatoms. The second kappa shape index (κ2) is 8.38. The van der Waals surface area contributed by atoms with Gasteiger partial charge in [-0.25, -0.2) is 9.78 Å². The standard InChI is InChI=1S/C19H17ClN2O3S/c1-2-3-10-25-19(24)16-17(23)15-11-13(4-5-14(15)18(20)22-16)26-12-6-8-21-9-7-12/h4-9,11,23H,2-3,10H2,1H3. The second-order valence-corrected chi connectivity index (χ2v) is 7.09. The molecule has 0 saturated carbocycles. The molecule has 2 heterocycles. The maximum absolute atomic E-state index is 12.2. The van der Waals surface area contributed by atoms with Crippen molar-refractivity contribution in [2.75, 3.05) is 6.61 Å². The van der Waals surface area contributed by atoms with Gasteiger partial charge in [0, 0.05) is 33.0 Å². The summed E-state index contributed by atoms with van der Waals surface area (Å²) in [5.74, 6) is -0.894.